The van der Waals surface area contributed by atoms with E-state index < -0.39 is 0 Å². The van der Waals surface area contributed by atoms with Crippen LogP contribution in [0.15, 0.2) is 22.5 Å². The molecule has 0 aromatic carbocycles. The molecule has 3 heterocycles. The number of guanidine groups is 1. The lowest BCUT2D eigenvalue weighted by atomic mass is 9.97. The van der Waals surface area contributed by atoms with Crippen LogP contribution >= 0.6 is 35.3 Å². The molecule has 2 N–H and O–H groups in total. The van der Waals surface area contributed by atoms with Gasteiger partial charge in [-0.2, -0.15) is 0 Å². The second-order valence-corrected chi connectivity index (χ2v) is 8.81. The highest BCUT2D eigenvalue weighted by atomic mass is 127. The Kier molecular flexibility index (Phi) is 9.82. The summed E-state index contributed by atoms with van der Waals surface area (Å²) in [4.78, 5) is 8.84. The number of piperidine rings is 1. The zero-order valence-corrected chi connectivity index (χ0v) is 19.9. The van der Waals surface area contributed by atoms with Crippen molar-refractivity contribution in [1.82, 2.24) is 15.5 Å². The maximum absolute atomic E-state index is 5.85. The van der Waals surface area contributed by atoms with Gasteiger partial charge in [0.05, 0.1) is 12.1 Å². The highest BCUT2D eigenvalue weighted by molar-refractivity contribution is 14.0. The van der Waals surface area contributed by atoms with Crippen LogP contribution in [-0.4, -0.2) is 55.8 Å². The molecule has 1 atom stereocenters. The lowest BCUT2D eigenvalue weighted by molar-refractivity contribution is 0.0283. The largest absolute Gasteiger partial charge is 0.373 e. The van der Waals surface area contributed by atoms with Crippen LogP contribution < -0.4 is 10.6 Å². The summed E-state index contributed by atoms with van der Waals surface area (Å²) in [6.07, 6.45) is 4.79. The Bertz CT molecular complexity index is 552. The fraction of sp³-hybridized carbons (Fsp3) is 0.750. The molecule has 0 saturated carbocycles. The molecule has 154 valence electrons. The van der Waals surface area contributed by atoms with Crippen molar-refractivity contribution in [1.29, 1.82) is 0 Å². The highest BCUT2D eigenvalue weighted by Crippen LogP contribution is 2.25. The van der Waals surface area contributed by atoms with Crippen LogP contribution in [0.1, 0.15) is 44.4 Å². The number of nitrogens with one attached hydrogen (secondary N) is 2. The van der Waals surface area contributed by atoms with Crippen molar-refractivity contribution in [3.8, 4) is 0 Å². The van der Waals surface area contributed by atoms with Gasteiger partial charge in [0.25, 0.3) is 0 Å². The zero-order valence-electron chi connectivity index (χ0n) is 16.7. The number of hydrogen-bond acceptors (Lipinski definition) is 4. The van der Waals surface area contributed by atoms with Gasteiger partial charge in [-0.25, -0.2) is 0 Å². The first-order valence-corrected chi connectivity index (χ1v) is 11.0. The first-order valence-electron chi connectivity index (χ1n) is 10.1. The lowest BCUT2D eigenvalue weighted by Crippen LogP contribution is -2.43. The number of thiophene rings is 1. The molecule has 5 nitrogen and oxygen atoms in total. The molecule has 2 fully saturated rings. The van der Waals surface area contributed by atoms with E-state index in [1.54, 1.807) is 0 Å². The number of nitrogens with zero attached hydrogens (tertiary/aromatic N) is 2. The summed E-state index contributed by atoms with van der Waals surface area (Å²) < 4.78 is 5.85. The molecule has 0 bridgehead atoms. The molecule has 3 rings (SSSR count). The van der Waals surface area contributed by atoms with Gasteiger partial charge < -0.3 is 15.4 Å². The van der Waals surface area contributed by atoms with Crippen molar-refractivity contribution >= 4 is 41.3 Å². The van der Waals surface area contributed by atoms with Gasteiger partial charge >= 0.3 is 0 Å². The molecule has 27 heavy (non-hydrogen) atoms. The number of rotatable bonds is 7. The van der Waals surface area contributed by atoms with E-state index in [1.165, 1.54) is 30.8 Å². The van der Waals surface area contributed by atoms with Gasteiger partial charge in [0, 0.05) is 31.1 Å². The fourth-order valence-corrected chi connectivity index (χ4v) is 4.51. The number of halogens is 1. The molecule has 1 aromatic heterocycles. The minimum absolute atomic E-state index is 0. The predicted molar refractivity (Wildman–Crippen MR) is 125 cm³/mol. The molecule has 2 aliphatic heterocycles. The van der Waals surface area contributed by atoms with Crippen LogP contribution in [0.4, 0.5) is 0 Å². The molecule has 0 amide bonds. The van der Waals surface area contributed by atoms with Crippen LogP contribution in [0.5, 0.6) is 0 Å². The van der Waals surface area contributed by atoms with Crippen LogP contribution in [0.2, 0.25) is 0 Å². The van der Waals surface area contributed by atoms with Gasteiger partial charge in [-0.3, -0.25) is 9.89 Å². The minimum Gasteiger partial charge on any atom is -0.373 e. The maximum Gasteiger partial charge on any atom is 0.191 e. The SMILES string of the molecule is CCNC(=NCC1(C)CCCO1)NCC1CCN(Cc2cccs2)CC1.I. The third-order valence-corrected chi connectivity index (χ3v) is 6.30. The van der Waals surface area contributed by atoms with E-state index in [1.807, 2.05) is 11.3 Å². The molecule has 1 aromatic rings. The number of aliphatic imine (C=N–C) groups is 1. The molecule has 0 spiro atoms. The van der Waals surface area contributed by atoms with Gasteiger partial charge in [0.1, 0.15) is 0 Å². The van der Waals surface area contributed by atoms with E-state index in [0.717, 1.165) is 57.5 Å². The van der Waals surface area contributed by atoms with E-state index in [-0.39, 0.29) is 29.6 Å². The van der Waals surface area contributed by atoms with Crippen LogP contribution in [0.25, 0.3) is 0 Å². The molecule has 7 heteroatoms. The number of likely N-dealkylation sites (tertiary alicyclic amines) is 1. The van der Waals surface area contributed by atoms with Crippen molar-refractivity contribution in [3.05, 3.63) is 22.4 Å². The average molecular weight is 506 g/mol. The highest BCUT2D eigenvalue weighted by Gasteiger charge is 2.29. The Morgan fingerprint density at radius 1 is 1.37 bits per heavy atom. The first-order chi connectivity index (χ1) is 12.7. The zero-order chi connectivity index (χ0) is 18.2. The van der Waals surface area contributed by atoms with E-state index in [2.05, 4.69) is 46.9 Å². The van der Waals surface area contributed by atoms with Crippen molar-refractivity contribution in [2.45, 2.75) is 51.7 Å². The maximum atomic E-state index is 5.85. The van der Waals surface area contributed by atoms with Gasteiger partial charge in [-0.05, 0) is 70.0 Å². The van der Waals surface area contributed by atoms with E-state index in [9.17, 15) is 0 Å². The molecule has 2 aliphatic rings. The summed E-state index contributed by atoms with van der Waals surface area (Å²) in [7, 11) is 0. The normalized spacial score (nSPS) is 24.6. The average Bonchev–Trinajstić information content (AvgIpc) is 3.31. The summed E-state index contributed by atoms with van der Waals surface area (Å²) >= 11 is 1.86. The van der Waals surface area contributed by atoms with Gasteiger partial charge in [0.15, 0.2) is 5.96 Å². The van der Waals surface area contributed by atoms with E-state index in [4.69, 9.17) is 9.73 Å². The standard InChI is InChI=1S/C20H34N4OS.HI/c1-3-21-19(23-16-20(2)9-5-12-25-20)22-14-17-7-10-24(11-8-17)15-18-6-4-13-26-18;/h4,6,13,17H,3,5,7-12,14-16H2,1-2H3,(H2,21,22,23);1H. The number of hydrogen-bond donors (Lipinski definition) is 2. The van der Waals surface area contributed by atoms with Crippen LogP contribution in [0.3, 0.4) is 0 Å². The van der Waals surface area contributed by atoms with Gasteiger partial charge in [-0.1, -0.05) is 6.07 Å². The summed E-state index contributed by atoms with van der Waals surface area (Å²) in [5, 5.41) is 9.11. The molecular weight excluding hydrogens is 471 g/mol. The number of ether oxygens (including phenoxy) is 1. The third kappa shape index (κ3) is 7.51. The smallest absolute Gasteiger partial charge is 0.191 e. The quantitative estimate of drug-likeness (QED) is 0.337. The Hall–Kier alpha value is -0.380. The van der Waals surface area contributed by atoms with Gasteiger partial charge in [-0.15, -0.1) is 35.3 Å². The van der Waals surface area contributed by atoms with Crippen LogP contribution in [0, 0.1) is 5.92 Å². The molecular formula is C20H35IN4OS. The monoisotopic (exact) mass is 506 g/mol. The second-order valence-electron chi connectivity index (χ2n) is 7.78. The van der Waals surface area contributed by atoms with E-state index in [0.29, 0.717) is 0 Å². The summed E-state index contributed by atoms with van der Waals surface area (Å²) in [6.45, 7) is 11.3. The first kappa shape index (κ1) is 22.9. The lowest BCUT2D eigenvalue weighted by Gasteiger charge is -2.32. The second kappa shape index (κ2) is 11.6. The summed E-state index contributed by atoms with van der Waals surface area (Å²) in [5.41, 5.74) is -0.0739. The summed E-state index contributed by atoms with van der Waals surface area (Å²) in [5.74, 6) is 1.67. The third-order valence-electron chi connectivity index (χ3n) is 5.44. The van der Waals surface area contributed by atoms with Crippen molar-refractivity contribution < 1.29 is 4.74 Å². The van der Waals surface area contributed by atoms with Crippen molar-refractivity contribution in [3.63, 3.8) is 0 Å². The van der Waals surface area contributed by atoms with Gasteiger partial charge in [0.2, 0.25) is 0 Å². The van der Waals surface area contributed by atoms with Crippen molar-refractivity contribution in [2.24, 2.45) is 10.9 Å². The Labute approximate surface area is 185 Å². The molecule has 2 saturated heterocycles. The Balaban J connectivity index is 0.00000261. The topological polar surface area (TPSA) is 48.9 Å². The molecule has 0 radical (unpaired) electrons. The molecule has 0 aliphatic carbocycles. The Morgan fingerprint density at radius 2 is 2.19 bits per heavy atom. The van der Waals surface area contributed by atoms with Crippen LogP contribution in [-0.2, 0) is 11.3 Å². The van der Waals surface area contributed by atoms with Crippen molar-refractivity contribution in [2.75, 3.05) is 39.3 Å². The molecule has 1 unspecified atom stereocenters. The Morgan fingerprint density at radius 3 is 2.81 bits per heavy atom. The van der Waals surface area contributed by atoms with E-state index >= 15 is 0 Å². The summed E-state index contributed by atoms with van der Waals surface area (Å²) in [6, 6.07) is 4.39. The minimum atomic E-state index is -0.0739. The predicted octanol–water partition coefficient (Wildman–Crippen LogP) is 3.70. The fourth-order valence-electron chi connectivity index (χ4n) is 3.76.